The van der Waals surface area contributed by atoms with Crippen LogP contribution in [-0.4, -0.2) is 50.3 Å². The second-order valence-electron chi connectivity index (χ2n) is 5.78. The summed E-state index contributed by atoms with van der Waals surface area (Å²) in [4.78, 5) is 15.3. The van der Waals surface area contributed by atoms with Crippen molar-refractivity contribution in [2.45, 2.75) is 13.3 Å². The molecule has 1 saturated heterocycles. The summed E-state index contributed by atoms with van der Waals surface area (Å²) in [5.41, 5.74) is 3.04. The summed E-state index contributed by atoms with van der Waals surface area (Å²) in [6.07, 6.45) is 0.247. The van der Waals surface area contributed by atoms with Crippen LogP contribution in [-0.2, 0) is 23.9 Å². The first-order valence-electron chi connectivity index (χ1n) is 8.26. The Morgan fingerprint density at radius 3 is 2.67 bits per heavy atom. The molecule has 0 aliphatic carbocycles. The van der Waals surface area contributed by atoms with E-state index in [1.807, 2.05) is 12.1 Å². The first-order chi connectivity index (χ1) is 12.8. The third-order valence-corrected chi connectivity index (χ3v) is 5.39. The number of nitrogens with zero attached hydrogens (tertiary/aromatic N) is 2. The largest absolute Gasteiger partial charge is 0.435 e. The van der Waals surface area contributed by atoms with Gasteiger partial charge in [-0.25, -0.2) is 0 Å². The zero-order valence-electron chi connectivity index (χ0n) is 14.8. The number of likely N-dealkylation sites (N-methyl/N-ethyl adjacent to an activating group) is 1. The Hall–Kier alpha value is -2.21. The molecule has 1 amide bonds. The van der Waals surface area contributed by atoms with E-state index < -0.39 is 16.0 Å². The van der Waals surface area contributed by atoms with Crippen LogP contribution < -0.4 is 15.1 Å². The Morgan fingerprint density at radius 2 is 2.00 bits per heavy atom. The summed E-state index contributed by atoms with van der Waals surface area (Å²) < 4.78 is 39.5. The fourth-order valence-electron chi connectivity index (χ4n) is 2.59. The highest BCUT2D eigenvalue weighted by Gasteiger charge is 2.40. The molecule has 11 heteroatoms. The number of hydrogen-bond acceptors (Lipinski definition) is 9. The van der Waals surface area contributed by atoms with Gasteiger partial charge in [0.2, 0.25) is 5.88 Å². The van der Waals surface area contributed by atoms with Crippen molar-refractivity contribution in [3.05, 3.63) is 35.9 Å². The summed E-state index contributed by atoms with van der Waals surface area (Å²) in [6, 6.07) is 7.19. The van der Waals surface area contributed by atoms with Crippen LogP contribution in [0.3, 0.4) is 0 Å². The molecule has 2 aliphatic heterocycles. The summed E-state index contributed by atoms with van der Waals surface area (Å²) >= 11 is 5.01. The number of rotatable bonds is 7. The molecule has 9 nitrogen and oxygen atoms in total. The molecule has 1 aromatic carbocycles. The predicted octanol–water partition coefficient (Wildman–Crippen LogP) is 1.09. The minimum Gasteiger partial charge on any atom is -0.435 e. The topological polar surface area (TPSA) is 97.4 Å². The number of para-hydroxylation sites is 2. The molecule has 146 valence electrons. The van der Waals surface area contributed by atoms with Crippen molar-refractivity contribution < 1.29 is 27.0 Å². The van der Waals surface area contributed by atoms with Crippen molar-refractivity contribution in [3.63, 3.8) is 0 Å². The molecule has 0 unspecified atom stereocenters. The number of ether oxygens (including phenoxy) is 2. The predicted molar refractivity (Wildman–Crippen MR) is 101 cm³/mol. The third-order valence-electron chi connectivity index (χ3n) is 3.87. The minimum absolute atomic E-state index is 0.0227. The number of carbonyl (C=O) groups is 1. The molecule has 0 atom stereocenters. The lowest BCUT2D eigenvalue weighted by Crippen LogP contribution is -2.29. The van der Waals surface area contributed by atoms with Crippen LogP contribution in [0.1, 0.15) is 13.3 Å². The monoisotopic (exact) mass is 413 g/mol. The fraction of sp³-hybridized carbons (Fsp3) is 0.375. The van der Waals surface area contributed by atoms with Crippen LogP contribution in [0.2, 0.25) is 0 Å². The molecule has 27 heavy (non-hydrogen) atoms. The number of fused-ring (bicyclic) bond motifs is 1. The first kappa shape index (κ1) is 19.5. The summed E-state index contributed by atoms with van der Waals surface area (Å²) in [5.74, 6) is 0.0943. The number of benzene rings is 1. The van der Waals surface area contributed by atoms with Crippen LogP contribution in [0.5, 0.6) is 5.75 Å². The quantitative estimate of drug-likeness (QED) is 0.400. The zero-order valence-corrected chi connectivity index (χ0v) is 16.4. The second-order valence-corrected chi connectivity index (χ2v) is 7.82. The van der Waals surface area contributed by atoms with Gasteiger partial charge in [-0.3, -0.25) is 9.69 Å². The Balaban J connectivity index is 1.82. The maximum atomic E-state index is 12.4. The van der Waals surface area contributed by atoms with Gasteiger partial charge in [0.15, 0.2) is 5.75 Å². The molecule has 2 aliphatic rings. The van der Waals surface area contributed by atoms with E-state index in [0.29, 0.717) is 18.0 Å². The Morgan fingerprint density at radius 1 is 1.26 bits per heavy atom. The van der Waals surface area contributed by atoms with Gasteiger partial charge in [0.1, 0.15) is 0 Å². The highest BCUT2D eigenvalue weighted by atomic mass is 32.2. The SMILES string of the molecule is CCNOS(=O)(=O)CCCN1/C(=C2/OC(=S)N(C)C2=O)Oc2ccccc21. The van der Waals surface area contributed by atoms with Crippen molar-refractivity contribution in [3.8, 4) is 5.75 Å². The van der Waals surface area contributed by atoms with Crippen LogP contribution in [0, 0.1) is 0 Å². The number of anilines is 1. The van der Waals surface area contributed by atoms with Gasteiger partial charge >= 0.3 is 5.91 Å². The van der Waals surface area contributed by atoms with E-state index in [0.717, 1.165) is 0 Å². The lowest BCUT2D eigenvalue weighted by molar-refractivity contribution is -0.122. The van der Waals surface area contributed by atoms with Gasteiger partial charge in [-0.2, -0.15) is 18.2 Å². The molecule has 1 fully saturated rings. The number of hydrogen-bond donors (Lipinski definition) is 1. The van der Waals surface area contributed by atoms with Gasteiger partial charge in [-0.05, 0) is 30.8 Å². The third kappa shape index (κ3) is 4.05. The number of carbonyl (C=O) groups excluding carboxylic acids is 1. The molecule has 0 saturated carbocycles. The summed E-state index contributed by atoms with van der Waals surface area (Å²) in [6.45, 7) is 2.37. The highest BCUT2D eigenvalue weighted by Crippen LogP contribution is 2.41. The lowest BCUT2D eigenvalue weighted by Gasteiger charge is -2.18. The van der Waals surface area contributed by atoms with Gasteiger partial charge in [0.05, 0.1) is 11.4 Å². The smallest absolute Gasteiger partial charge is 0.302 e. The first-order valence-corrected chi connectivity index (χ1v) is 10.2. The van der Waals surface area contributed by atoms with Crippen molar-refractivity contribution in [2.24, 2.45) is 0 Å². The van der Waals surface area contributed by atoms with Crippen LogP contribution in [0.15, 0.2) is 35.9 Å². The average Bonchev–Trinajstić information content (AvgIpc) is 3.12. The molecule has 0 radical (unpaired) electrons. The molecule has 1 N–H and O–H groups in total. The normalized spacial score (nSPS) is 19.3. The molecular formula is C16H19N3O6S2. The Bertz CT molecular complexity index is 899. The van der Waals surface area contributed by atoms with E-state index >= 15 is 0 Å². The molecule has 3 rings (SSSR count). The molecule has 0 aromatic heterocycles. The van der Waals surface area contributed by atoms with Crippen LogP contribution in [0.4, 0.5) is 5.69 Å². The molecule has 0 bridgehead atoms. The number of amides is 1. The second kappa shape index (κ2) is 7.80. The highest BCUT2D eigenvalue weighted by molar-refractivity contribution is 7.86. The Kier molecular flexibility index (Phi) is 5.65. The molecule has 1 aromatic rings. The van der Waals surface area contributed by atoms with Crippen molar-refractivity contribution >= 4 is 39.1 Å². The van der Waals surface area contributed by atoms with Crippen molar-refractivity contribution in [2.75, 3.05) is 30.8 Å². The standard InChI is InChI=1S/C16H19N3O6S2/c1-3-17-25-27(21,22)10-6-9-19-11-7-4-5-8-12(11)23-15(19)13-14(20)18(2)16(26)24-13/h4-5,7-8,17H,3,6,9-10H2,1-2H3/b15-13-. The van der Waals surface area contributed by atoms with E-state index in [2.05, 4.69) is 9.76 Å². The number of nitrogens with one attached hydrogen (secondary N) is 1. The average molecular weight is 413 g/mol. The number of thiocarbonyl (C=S) groups is 1. The summed E-state index contributed by atoms with van der Waals surface area (Å²) in [7, 11) is -2.19. The lowest BCUT2D eigenvalue weighted by atomic mass is 10.2. The van der Waals surface area contributed by atoms with E-state index in [1.165, 1.54) is 11.9 Å². The van der Waals surface area contributed by atoms with Gasteiger partial charge in [-0.15, -0.1) is 0 Å². The maximum Gasteiger partial charge on any atom is 0.302 e. The van der Waals surface area contributed by atoms with Gasteiger partial charge < -0.3 is 14.4 Å². The zero-order chi connectivity index (χ0) is 19.6. The Labute approximate surface area is 162 Å². The van der Waals surface area contributed by atoms with E-state index in [9.17, 15) is 13.2 Å². The molecular weight excluding hydrogens is 394 g/mol. The molecule has 0 spiro atoms. The van der Waals surface area contributed by atoms with E-state index in [4.69, 9.17) is 21.7 Å². The van der Waals surface area contributed by atoms with Crippen LogP contribution in [0.25, 0.3) is 0 Å². The fourth-order valence-corrected chi connectivity index (χ4v) is 3.62. The van der Waals surface area contributed by atoms with Gasteiger partial charge in [0, 0.05) is 20.1 Å². The number of hydroxylamine groups is 1. The molecule has 2 heterocycles. The van der Waals surface area contributed by atoms with Crippen molar-refractivity contribution in [1.82, 2.24) is 10.4 Å². The maximum absolute atomic E-state index is 12.4. The minimum atomic E-state index is -3.70. The van der Waals surface area contributed by atoms with Gasteiger partial charge in [-0.1, -0.05) is 19.1 Å². The summed E-state index contributed by atoms with van der Waals surface area (Å²) in [5, 5.41) is 0.0311. The van der Waals surface area contributed by atoms with E-state index in [1.54, 1.807) is 24.0 Å². The van der Waals surface area contributed by atoms with Crippen molar-refractivity contribution in [1.29, 1.82) is 0 Å². The van der Waals surface area contributed by atoms with Gasteiger partial charge in [0.25, 0.3) is 21.1 Å². The van der Waals surface area contributed by atoms with Crippen LogP contribution >= 0.6 is 12.2 Å². The van der Waals surface area contributed by atoms with E-state index in [-0.39, 0.29) is 35.5 Å².